The Morgan fingerprint density at radius 3 is 2.95 bits per heavy atom. The van der Waals surface area contributed by atoms with Crippen molar-refractivity contribution in [3.05, 3.63) is 12.4 Å². The van der Waals surface area contributed by atoms with Gasteiger partial charge in [0.1, 0.15) is 11.6 Å². The van der Waals surface area contributed by atoms with Gasteiger partial charge < -0.3 is 10.2 Å². The lowest BCUT2D eigenvalue weighted by Crippen LogP contribution is -2.37. The molecular formula is C14H23N5. The van der Waals surface area contributed by atoms with Crippen molar-refractivity contribution < 1.29 is 0 Å². The van der Waals surface area contributed by atoms with Crippen LogP contribution >= 0.6 is 0 Å². The number of fused-ring (bicyclic) bond motifs is 2. The third-order valence-corrected chi connectivity index (χ3v) is 4.45. The van der Waals surface area contributed by atoms with Gasteiger partial charge in [0.05, 0.1) is 12.4 Å². The van der Waals surface area contributed by atoms with Crippen molar-refractivity contribution in [2.24, 2.45) is 0 Å². The van der Waals surface area contributed by atoms with E-state index >= 15 is 0 Å². The van der Waals surface area contributed by atoms with Crippen molar-refractivity contribution in [2.75, 3.05) is 36.9 Å². The number of anilines is 2. The van der Waals surface area contributed by atoms with Gasteiger partial charge >= 0.3 is 0 Å². The molecule has 0 aliphatic carbocycles. The zero-order valence-corrected chi connectivity index (χ0v) is 11.8. The van der Waals surface area contributed by atoms with Gasteiger partial charge in [0.25, 0.3) is 0 Å². The smallest absolute Gasteiger partial charge is 0.149 e. The van der Waals surface area contributed by atoms with Crippen LogP contribution < -0.4 is 10.2 Å². The fourth-order valence-electron chi connectivity index (χ4n) is 3.29. The van der Waals surface area contributed by atoms with Crippen LogP contribution in [0.25, 0.3) is 0 Å². The van der Waals surface area contributed by atoms with E-state index in [-0.39, 0.29) is 0 Å². The molecule has 0 aromatic carbocycles. The summed E-state index contributed by atoms with van der Waals surface area (Å²) in [6.07, 6.45) is 7.60. The van der Waals surface area contributed by atoms with E-state index < -0.39 is 0 Å². The number of nitrogens with one attached hydrogen (secondary N) is 1. The number of aromatic nitrogens is 2. The minimum absolute atomic E-state index is 0.678. The monoisotopic (exact) mass is 261 g/mol. The van der Waals surface area contributed by atoms with Crippen LogP contribution in [0, 0.1) is 0 Å². The van der Waals surface area contributed by atoms with Crippen LogP contribution in [0.15, 0.2) is 12.4 Å². The lowest BCUT2D eigenvalue weighted by Gasteiger charge is -2.26. The van der Waals surface area contributed by atoms with Crippen LogP contribution in [-0.2, 0) is 0 Å². The third-order valence-electron chi connectivity index (χ3n) is 4.45. The van der Waals surface area contributed by atoms with E-state index in [0.29, 0.717) is 6.04 Å². The molecule has 2 atom stereocenters. The first-order valence-electron chi connectivity index (χ1n) is 7.30. The summed E-state index contributed by atoms with van der Waals surface area (Å²) in [5, 5.41) is 3.23. The predicted octanol–water partition coefficient (Wildman–Crippen LogP) is 1.58. The Bertz CT molecular complexity index is 436. The zero-order chi connectivity index (χ0) is 13.2. The van der Waals surface area contributed by atoms with Gasteiger partial charge in [-0.1, -0.05) is 0 Å². The average Bonchev–Trinajstić information content (AvgIpc) is 2.64. The molecule has 2 saturated heterocycles. The summed E-state index contributed by atoms with van der Waals surface area (Å²) in [4.78, 5) is 13.9. The minimum Gasteiger partial charge on any atom is -0.369 e. The maximum absolute atomic E-state index is 4.67. The lowest BCUT2D eigenvalue weighted by atomic mass is 10.1. The molecule has 2 aliphatic heterocycles. The second-order valence-corrected chi connectivity index (χ2v) is 5.58. The first kappa shape index (κ1) is 12.7. The SMILES string of the molecule is CCNc1cncc(N2CCC3CCC(C2)N3C)n1. The van der Waals surface area contributed by atoms with Crippen LogP contribution in [0.1, 0.15) is 26.2 Å². The predicted molar refractivity (Wildman–Crippen MR) is 77.6 cm³/mol. The molecule has 1 N–H and O–H groups in total. The molecule has 2 aliphatic rings. The van der Waals surface area contributed by atoms with E-state index in [9.17, 15) is 0 Å². The van der Waals surface area contributed by atoms with Gasteiger partial charge in [-0.15, -0.1) is 0 Å². The van der Waals surface area contributed by atoms with Gasteiger partial charge in [-0.25, -0.2) is 4.98 Å². The number of rotatable bonds is 3. The summed E-state index contributed by atoms with van der Waals surface area (Å²) < 4.78 is 0. The molecule has 2 fully saturated rings. The Morgan fingerprint density at radius 2 is 2.11 bits per heavy atom. The van der Waals surface area contributed by atoms with Crippen molar-refractivity contribution >= 4 is 11.6 Å². The maximum atomic E-state index is 4.67. The van der Waals surface area contributed by atoms with E-state index in [1.54, 1.807) is 6.20 Å². The highest BCUT2D eigenvalue weighted by Crippen LogP contribution is 2.30. The maximum Gasteiger partial charge on any atom is 0.149 e. The van der Waals surface area contributed by atoms with Crippen molar-refractivity contribution in [3.8, 4) is 0 Å². The van der Waals surface area contributed by atoms with Gasteiger partial charge in [-0.3, -0.25) is 9.88 Å². The first-order chi connectivity index (χ1) is 9.28. The van der Waals surface area contributed by atoms with Crippen molar-refractivity contribution in [1.29, 1.82) is 0 Å². The zero-order valence-electron chi connectivity index (χ0n) is 11.8. The molecule has 3 rings (SSSR count). The lowest BCUT2D eigenvalue weighted by molar-refractivity contribution is 0.254. The van der Waals surface area contributed by atoms with Crippen molar-refractivity contribution in [1.82, 2.24) is 14.9 Å². The Labute approximate surface area is 115 Å². The van der Waals surface area contributed by atoms with Gasteiger partial charge in [0, 0.05) is 31.7 Å². The standard InChI is InChI=1S/C14H23N5/c1-3-16-13-8-15-9-14(17-13)19-7-6-11-4-5-12(10-19)18(11)2/h8-9,11-12H,3-7,10H2,1-2H3,(H,16,17). The summed E-state index contributed by atoms with van der Waals surface area (Å²) in [6, 6.07) is 1.44. The molecule has 2 unspecified atom stereocenters. The summed E-state index contributed by atoms with van der Waals surface area (Å²) >= 11 is 0. The molecule has 5 heteroatoms. The minimum atomic E-state index is 0.678. The highest BCUT2D eigenvalue weighted by atomic mass is 15.3. The van der Waals surface area contributed by atoms with Crippen molar-refractivity contribution in [2.45, 2.75) is 38.3 Å². The van der Waals surface area contributed by atoms with E-state index in [2.05, 4.69) is 39.1 Å². The second kappa shape index (κ2) is 5.33. The largest absolute Gasteiger partial charge is 0.369 e. The normalized spacial score (nSPS) is 27.4. The molecule has 19 heavy (non-hydrogen) atoms. The van der Waals surface area contributed by atoms with Crippen LogP contribution in [0.4, 0.5) is 11.6 Å². The molecule has 5 nitrogen and oxygen atoms in total. The highest BCUT2D eigenvalue weighted by Gasteiger charge is 2.34. The Kier molecular flexibility index (Phi) is 3.55. The van der Waals surface area contributed by atoms with Gasteiger partial charge in [-0.05, 0) is 33.2 Å². The number of nitrogens with zero attached hydrogens (tertiary/aromatic N) is 4. The van der Waals surface area contributed by atoms with E-state index in [0.717, 1.165) is 37.3 Å². The number of likely N-dealkylation sites (N-methyl/N-ethyl adjacent to an activating group) is 1. The summed E-state index contributed by atoms with van der Waals surface area (Å²) in [7, 11) is 2.27. The Morgan fingerprint density at radius 1 is 1.26 bits per heavy atom. The summed E-state index contributed by atoms with van der Waals surface area (Å²) in [5.41, 5.74) is 0. The summed E-state index contributed by atoms with van der Waals surface area (Å²) in [6.45, 7) is 5.13. The van der Waals surface area contributed by atoms with E-state index in [4.69, 9.17) is 0 Å². The Hall–Kier alpha value is -1.36. The van der Waals surface area contributed by atoms with Gasteiger partial charge in [-0.2, -0.15) is 0 Å². The first-order valence-corrected chi connectivity index (χ1v) is 7.30. The van der Waals surface area contributed by atoms with Gasteiger partial charge in [0.2, 0.25) is 0 Å². The van der Waals surface area contributed by atoms with Crippen LogP contribution in [0.3, 0.4) is 0 Å². The molecule has 2 bridgehead atoms. The molecule has 0 spiro atoms. The Balaban J connectivity index is 1.77. The van der Waals surface area contributed by atoms with Crippen molar-refractivity contribution in [3.63, 3.8) is 0 Å². The molecular weight excluding hydrogens is 238 g/mol. The van der Waals surface area contributed by atoms with Crippen LogP contribution in [-0.4, -0.2) is 53.6 Å². The number of hydrogen-bond donors (Lipinski definition) is 1. The van der Waals surface area contributed by atoms with Crippen LogP contribution in [0.5, 0.6) is 0 Å². The number of hydrogen-bond acceptors (Lipinski definition) is 5. The van der Waals surface area contributed by atoms with Gasteiger partial charge in [0.15, 0.2) is 0 Å². The second-order valence-electron chi connectivity index (χ2n) is 5.58. The molecule has 1 aromatic rings. The fourth-order valence-corrected chi connectivity index (χ4v) is 3.29. The van der Waals surface area contributed by atoms with E-state index in [1.165, 1.54) is 19.3 Å². The molecule has 0 amide bonds. The van der Waals surface area contributed by atoms with E-state index in [1.807, 2.05) is 6.20 Å². The molecule has 0 saturated carbocycles. The molecule has 1 aromatic heterocycles. The fraction of sp³-hybridized carbons (Fsp3) is 0.714. The van der Waals surface area contributed by atoms with Crippen LogP contribution in [0.2, 0.25) is 0 Å². The quantitative estimate of drug-likeness (QED) is 0.895. The molecule has 3 heterocycles. The average molecular weight is 261 g/mol. The topological polar surface area (TPSA) is 44.3 Å². The summed E-state index contributed by atoms with van der Waals surface area (Å²) in [5.74, 6) is 1.89. The highest BCUT2D eigenvalue weighted by molar-refractivity contribution is 5.44. The molecule has 0 radical (unpaired) electrons. The molecule has 104 valence electrons. The third kappa shape index (κ3) is 2.52.